The molecule has 0 radical (unpaired) electrons. The van der Waals surface area contributed by atoms with Crippen LogP contribution in [0.1, 0.15) is 38.8 Å². The van der Waals surface area contributed by atoms with Gasteiger partial charge in [0.25, 0.3) is 0 Å². The van der Waals surface area contributed by atoms with Crippen LogP contribution < -0.4 is 0 Å². The molecule has 2 aromatic rings. The van der Waals surface area contributed by atoms with E-state index in [1.165, 1.54) is 13.0 Å². The normalized spacial score (nSPS) is 24.7. The summed E-state index contributed by atoms with van der Waals surface area (Å²) in [7, 11) is 0. The predicted octanol–water partition coefficient (Wildman–Crippen LogP) is 3.36. The van der Waals surface area contributed by atoms with Gasteiger partial charge >= 0.3 is 11.9 Å². The molecule has 3 unspecified atom stereocenters. The number of aryl methyl sites for hydroxylation is 2. The summed E-state index contributed by atoms with van der Waals surface area (Å²) in [5, 5.41) is 11.1. The molecule has 0 aromatic heterocycles. The number of ether oxygens (including phenoxy) is 4. The molecule has 2 aromatic carbocycles. The average Bonchev–Trinajstić information content (AvgIpc) is 3.00. The third kappa shape index (κ3) is 5.43. The van der Waals surface area contributed by atoms with Gasteiger partial charge in [-0.2, -0.15) is 0 Å². The summed E-state index contributed by atoms with van der Waals surface area (Å²) in [5.41, 5.74) is 1.05. The minimum atomic E-state index is -1.68. The highest BCUT2D eigenvalue weighted by molar-refractivity contribution is 5.90. The van der Waals surface area contributed by atoms with E-state index in [1.807, 2.05) is 13.8 Å². The van der Waals surface area contributed by atoms with E-state index in [2.05, 4.69) is 6.58 Å². The first kappa shape index (κ1) is 23.7. The van der Waals surface area contributed by atoms with Crippen LogP contribution in [0.25, 0.3) is 0 Å². The van der Waals surface area contributed by atoms with Gasteiger partial charge in [-0.05, 0) is 45.0 Å². The number of esters is 2. The minimum Gasteiger partial charge on any atom is -0.459 e. The topological polar surface area (TPSA) is 91.3 Å². The van der Waals surface area contributed by atoms with Gasteiger partial charge in [-0.3, -0.25) is 0 Å². The maximum absolute atomic E-state index is 12.7. The SMILES string of the molecule is C=CCOC1OC(COC(=O)c2ccc(C)cc2)[C@@H](OC(=O)c2ccc(C)cc2)C1(C)O. The molecule has 1 aliphatic heterocycles. The summed E-state index contributed by atoms with van der Waals surface area (Å²) in [6, 6.07) is 13.8. The highest BCUT2D eigenvalue weighted by Gasteiger charge is 2.56. The highest BCUT2D eigenvalue weighted by atomic mass is 16.7. The molecule has 0 bridgehead atoms. The van der Waals surface area contributed by atoms with Gasteiger partial charge in [0.1, 0.15) is 12.7 Å². The Morgan fingerprint density at radius 2 is 1.56 bits per heavy atom. The van der Waals surface area contributed by atoms with Crippen LogP contribution in [0.5, 0.6) is 0 Å². The zero-order valence-corrected chi connectivity index (χ0v) is 18.4. The molecule has 0 aliphatic carbocycles. The summed E-state index contributed by atoms with van der Waals surface area (Å²) in [6.07, 6.45) is -1.64. The molecule has 1 saturated heterocycles. The molecule has 0 amide bonds. The van der Waals surface area contributed by atoms with Gasteiger partial charge < -0.3 is 24.1 Å². The van der Waals surface area contributed by atoms with Crippen molar-refractivity contribution in [1.29, 1.82) is 0 Å². The van der Waals surface area contributed by atoms with Gasteiger partial charge in [-0.1, -0.05) is 41.5 Å². The number of aliphatic hydroxyl groups is 1. The molecule has 7 nitrogen and oxygen atoms in total. The van der Waals surface area contributed by atoms with E-state index < -0.39 is 36.0 Å². The summed E-state index contributed by atoms with van der Waals surface area (Å²) >= 11 is 0. The van der Waals surface area contributed by atoms with Crippen molar-refractivity contribution in [2.24, 2.45) is 0 Å². The molecule has 0 saturated carbocycles. The standard InChI is InChI=1S/C25H28O7/c1-5-14-29-24-25(4,28)21(32-23(27)19-12-8-17(3)9-13-19)20(31-24)15-30-22(26)18-10-6-16(2)7-11-18/h5-13,20-21,24,28H,1,14-15H2,2-4H3/t20?,21-,24?,25?/m1/s1. The zero-order chi connectivity index (χ0) is 23.3. The number of carbonyl (C=O) groups excluding carboxylic acids is 2. The monoisotopic (exact) mass is 440 g/mol. The predicted molar refractivity (Wildman–Crippen MR) is 117 cm³/mol. The van der Waals surface area contributed by atoms with E-state index in [1.54, 1.807) is 48.5 Å². The molecule has 1 aliphatic rings. The third-order valence-corrected chi connectivity index (χ3v) is 5.24. The second-order valence-electron chi connectivity index (χ2n) is 8.01. The van der Waals surface area contributed by atoms with E-state index in [-0.39, 0.29) is 13.2 Å². The fourth-order valence-electron chi connectivity index (χ4n) is 3.37. The van der Waals surface area contributed by atoms with Crippen LogP contribution in [-0.4, -0.2) is 54.4 Å². The lowest BCUT2D eigenvalue weighted by molar-refractivity contribution is -0.195. The zero-order valence-electron chi connectivity index (χ0n) is 18.4. The van der Waals surface area contributed by atoms with Crippen LogP contribution >= 0.6 is 0 Å². The largest absolute Gasteiger partial charge is 0.459 e. The van der Waals surface area contributed by atoms with Crippen molar-refractivity contribution in [2.75, 3.05) is 13.2 Å². The molecular formula is C25H28O7. The fraction of sp³-hybridized carbons (Fsp3) is 0.360. The number of rotatable bonds is 8. The molecule has 170 valence electrons. The van der Waals surface area contributed by atoms with Crippen LogP contribution in [-0.2, 0) is 18.9 Å². The quantitative estimate of drug-likeness (QED) is 0.497. The Balaban J connectivity index is 1.75. The van der Waals surface area contributed by atoms with Crippen LogP contribution in [0, 0.1) is 13.8 Å². The number of hydrogen-bond donors (Lipinski definition) is 1. The third-order valence-electron chi connectivity index (χ3n) is 5.24. The number of carbonyl (C=O) groups is 2. The van der Waals surface area contributed by atoms with Crippen molar-refractivity contribution in [1.82, 2.24) is 0 Å². The molecule has 3 rings (SSSR count). The van der Waals surface area contributed by atoms with E-state index in [0.29, 0.717) is 11.1 Å². The Morgan fingerprint density at radius 3 is 2.09 bits per heavy atom. The first-order valence-electron chi connectivity index (χ1n) is 10.3. The average molecular weight is 440 g/mol. The van der Waals surface area contributed by atoms with Crippen LogP contribution in [0.15, 0.2) is 61.2 Å². The van der Waals surface area contributed by atoms with E-state index in [4.69, 9.17) is 18.9 Å². The second-order valence-corrected chi connectivity index (χ2v) is 8.01. The Kier molecular flexibility index (Phi) is 7.45. The van der Waals surface area contributed by atoms with Gasteiger partial charge in [0.05, 0.1) is 17.7 Å². The fourth-order valence-corrected chi connectivity index (χ4v) is 3.37. The summed E-state index contributed by atoms with van der Waals surface area (Å²) in [4.78, 5) is 25.1. The Hall–Kier alpha value is -3.00. The molecule has 4 atom stereocenters. The molecule has 32 heavy (non-hydrogen) atoms. The van der Waals surface area contributed by atoms with E-state index >= 15 is 0 Å². The van der Waals surface area contributed by atoms with Gasteiger partial charge in [-0.25, -0.2) is 9.59 Å². The molecule has 1 N–H and O–H groups in total. The van der Waals surface area contributed by atoms with Crippen molar-refractivity contribution in [3.8, 4) is 0 Å². The van der Waals surface area contributed by atoms with E-state index in [9.17, 15) is 14.7 Å². The van der Waals surface area contributed by atoms with Crippen LogP contribution in [0.3, 0.4) is 0 Å². The van der Waals surface area contributed by atoms with Gasteiger partial charge in [-0.15, -0.1) is 6.58 Å². The summed E-state index contributed by atoms with van der Waals surface area (Å²) < 4.78 is 22.3. The maximum atomic E-state index is 12.7. The van der Waals surface area contributed by atoms with Crippen molar-refractivity contribution in [3.05, 3.63) is 83.4 Å². The smallest absolute Gasteiger partial charge is 0.338 e. The number of benzene rings is 2. The highest BCUT2D eigenvalue weighted by Crippen LogP contribution is 2.35. The van der Waals surface area contributed by atoms with Gasteiger partial charge in [0.15, 0.2) is 18.0 Å². The Labute approximate surface area is 187 Å². The van der Waals surface area contributed by atoms with Gasteiger partial charge in [0.2, 0.25) is 0 Å². The first-order valence-corrected chi connectivity index (χ1v) is 10.3. The lowest BCUT2D eigenvalue weighted by atomic mass is 9.97. The van der Waals surface area contributed by atoms with Crippen molar-refractivity contribution < 1.29 is 33.6 Å². The minimum absolute atomic E-state index is 0.120. The maximum Gasteiger partial charge on any atom is 0.338 e. The molecule has 1 fully saturated rings. The molecule has 1 heterocycles. The molecule has 7 heteroatoms. The Morgan fingerprint density at radius 1 is 1.03 bits per heavy atom. The van der Waals surface area contributed by atoms with Crippen molar-refractivity contribution >= 4 is 11.9 Å². The van der Waals surface area contributed by atoms with Gasteiger partial charge in [0, 0.05) is 0 Å². The second kappa shape index (κ2) is 10.1. The summed E-state index contributed by atoms with van der Waals surface area (Å²) in [6.45, 7) is 8.75. The Bertz CT molecular complexity index is 947. The van der Waals surface area contributed by atoms with Crippen molar-refractivity contribution in [2.45, 2.75) is 44.9 Å². The summed E-state index contributed by atoms with van der Waals surface area (Å²) in [5.74, 6) is -1.18. The van der Waals surface area contributed by atoms with E-state index in [0.717, 1.165) is 11.1 Å². The van der Waals surface area contributed by atoms with Crippen molar-refractivity contribution in [3.63, 3.8) is 0 Å². The lowest BCUT2D eigenvalue weighted by Gasteiger charge is -2.29. The van der Waals surface area contributed by atoms with Crippen LogP contribution in [0.2, 0.25) is 0 Å². The van der Waals surface area contributed by atoms with Crippen LogP contribution in [0.4, 0.5) is 0 Å². The molecular weight excluding hydrogens is 412 g/mol. The molecule has 0 spiro atoms. The lowest BCUT2D eigenvalue weighted by Crippen LogP contribution is -2.49. The number of hydrogen-bond acceptors (Lipinski definition) is 7. The first-order chi connectivity index (χ1) is 15.2.